The molecule has 22 heavy (non-hydrogen) atoms. The van der Waals surface area contributed by atoms with Crippen LogP contribution < -0.4 is 4.74 Å². The predicted octanol–water partition coefficient (Wildman–Crippen LogP) is 4.22. The molecule has 118 valence electrons. The van der Waals surface area contributed by atoms with Gasteiger partial charge in [-0.25, -0.2) is 8.42 Å². The highest BCUT2D eigenvalue weighted by Gasteiger charge is 2.26. The van der Waals surface area contributed by atoms with Crippen LogP contribution in [0.5, 0.6) is 5.75 Å². The molecule has 0 heterocycles. The average Bonchev–Trinajstić information content (AvgIpc) is 2.46. The van der Waals surface area contributed by atoms with Crippen molar-refractivity contribution in [2.45, 2.75) is 24.2 Å². The van der Waals surface area contributed by atoms with Gasteiger partial charge in [0.05, 0.1) is 4.90 Å². The van der Waals surface area contributed by atoms with Gasteiger partial charge in [-0.1, -0.05) is 23.7 Å². The molecule has 0 aliphatic heterocycles. The van der Waals surface area contributed by atoms with Crippen molar-refractivity contribution < 1.29 is 21.9 Å². The fraction of sp³-hybridized carbons (Fsp3) is 0.200. The lowest BCUT2D eigenvalue weighted by atomic mass is 10.2. The van der Waals surface area contributed by atoms with E-state index in [-0.39, 0.29) is 6.61 Å². The van der Waals surface area contributed by atoms with Crippen LogP contribution in [-0.2, 0) is 16.4 Å². The molecular weight excluding hydrogens is 334 g/mol. The highest BCUT2D eigenvalue weighted by molar-refractivity contribution is 7.91. The third-order valence-corrected chi connectivity index (χ3v) is 4.65. The van der Waals surface area contributed by atoms with Crippen LogP contribution in [0, 0.1) is 6.92 Å². The lowest BCUT2D eigenvalue weighted by molar-refractivity contribution is 0.234. The lowest BCUT2D eigenvalue weighted by Gasteiger charge is -2.10. The first-order chi connectivity index (χ1) is 10.3. The molecular formula is C15H13ClF2O3S. The van der Waals surface area contributed by atoms with Crippen LogP contribution in [-0.4, -0.2) is 14.2 Å². The summed E-state index contributed by atoms with van der Waals surface area (Å²) in [5.74, 6) is -2.78. The summed E-state index contributed by atoms with van der Waals surface area (Å²) in [5, 5.41) is 0.603. The first-order valence-electron chi connectivity index (χ1n) is 6.30. The number of aryl methyl sites for hydroxylation is 1. The highest BCUT2D eigenvalue weighted by atomic mass is 35.5. The van der Waals surface area contributed by atoms with Crippen molar-refractivity contribution in [3.63, 3.8) is 0 Å². The van der Waals surface area contributed by atoms with Crippen molar-refractivity contribution in [1.29, 1.82) is 0 Å². The minimum atomic E-state index is -4.56. The van der Waals surface area contributed by atoms with E-state index in [1.54, 1.807) is 18.2 Å². The third kappa shape index (κ3) is 3.75. The second-order valence-corrected chi connectivity index (χ2v) is 7.00. The first-order valence-corrected chi connectivity index (χ1v) is 8.23. The van der Waals surface area contributed by atoms with E-state index < -0.39 is 20.5 Å². The number of benzene rings is 2. The smallest absolute Gasteiger partial charge is 0.341 e. The molecule has 0 aromatic heterocycles. The summed E-state index contributed by atoms with van der Waals surface area (Å²) in [5.41, 5.74) is 1.53. The number of rotatable bonds is 5. The standard InChI is InChI=1S/C15H13ClF2O3S/c1-10-8-12(16)4-7-14(10)21-9-11-2-5-13(6-3-11)22(19,20)15(17)18/h2-8,15H,9H2,1H3. The number of alkyl halides is 2. The van der Waals surface area contributed by atoms with Crippen LogP contribution in [0.15, 0.2) is 47.4 Å². The Kier molecular flexibility index (Phi) is 5.03. The van der Waals surface area contributed by atoms with Crippen LogP contribution >= 0.6 is 11.6 Å². The van der Waals surface area contributed by atoms with E-state index in [0.29, 0.717) is 16.3 Å². The fourth-order valence-electron chi connectivity index (χ4n) is 1.81. The van der Waals surface area contributed by atoms with Gasteiger partial charge >= 0.3 is 5.76 Å². The maximum atomic E-state index is 12.4. The van der Waals surface area contributed by atoms with E-state index in [1.165, 1.54) is 12.1 Å². The van der Waals surface area contributed by atoms with Crippen molar-refractivity contribution in [2.75, 3.05) is 0 Å². The number of sulfone groups is 1. The maximum Gasteiger partial charge on any atom is 0.341 e. The van der Waals surface area contributed by atoms with Crippen molar-refractivity contribution in [2.24, 2.45) is 0 Å². The Morgan fingerprint density at radius 2 is 1.77 bits per heavy atom. The summed E-state index contributed by atoms with van der Waals surface area (Å²) in [4.78, 5) is -0.408. The zero-order valence-electron chi connectivity index (χ0n) is 11.6. The second-order valence-electron chi connectivity index (χ2n) is 4.65. The van der Waals surface area contributed by atoms with Gasteiger partial charge in [0, 0.05) is 5.02 Å². The largest absolute Gasteiger partial charge is 0.489 e. The van der Waals surface area contributed by atoms with E-state index in [0.717, 1.165) is 17.7 Å². The van der Waals surface area contributed by atoms with Gasteiger partial charge in [-0.05, 0) is 48.4 Å². The molecule has 3 nitrogen and oxygen atoms in total. The number of halogens is 3. The molecule has 0 N–H and O–H groups in total. The van der Waals surface area contributed by atoms with Gasteiger partial charge in [0.2, 0.25) is 9.84 Å². The Morgan fingerprint density at radius 3 is 2.32 bits per heavy atom. The Labute approximate surface area is 132 Å². The summed E-state index contributed by atoms with van der Waals surface area (Å²) < 4.78 is 53.0. The predicted molar refractivity (Wildman–Crippen MR) is 80.2 cm³/mol. The Balaban J connectivity index is 2.09. The molecule has 2 aromatic carbocycles. The quantitative estimate of drug-likeness (QED) is 0.814. The van der Waals surface area contributed by atoms with Crippen molar-refractivity contribution >= 4 is 21.4 Å². The Morgan fingerprint density at radius 1 is 1.14 bits per heavy atom. The summed E-state index contributed by atoms with van der Waals surface area (Å²) in [6.45, 7) is 2.04. The third-order valence-electron chi connectivity index (χ3n) is 3.02. The minimum absolute atomic E-state index is 0.192. The van der Waals surface area contributed by atoms with Gasteiger partial charge in [0.25, 0.3) is 0 Å². The van der Waals surface area contributed by atoms with Gasteiger partial charge < -0.3 is 4.74 Å². The molecule has 0 aliphatic rings. The normalized spacial score (nSPS) is 11.7. The molecule has 0 radical (unpaired) electrons. The molecule has 0 atom stereocenters. The van der Waals surface area contributed by atoms with Gasteiger partial charge in [0.1, 0.15) is 12.4 Å². The molecule has 0 unspecified atom stereocenters. The fourth-order valence-corrected chi connectivity index (χ4v) is 2.76. The summed E-state index contributed by atoms with van der Waals surface area (Å²) in [6.07, 6.45) is 0. The Hall–Kier alpha value is -1.66. The van der Waals surface area contributed by atoms with Gasteiger partial charge in [0.15, 0.2) is 0 Å². The maximum absolute atomic E-state index is 12.4. The van der Waals surface area contributed by atoms with E-state index in [2.05, 4.69) is 0 Å². The van der Waals surface area contributed by atoms with E-state index >= 15 is 0 Å². The number of ether oxygens (including phenoxy) is 1. The first kappa shape index (κ1) is 16.7. The Bertz CT molecular complexity index is 759. The zero-order valence-corrected chi connectivity index (χ0v) is 13.2. The summed E-state index contributed by atoms with van der Waals surface area (Å²) in [6, 6.07) is 10.4. The topological polar surface area (TPSA) is 43.4 Å². The van der Waals surface area contributed by atoms with Crippen molar-refractivity contribution in [3.05, 3.63) is 58.6 Å². The van der Waals surface area contributed by atoms with Crippen LogP contribution in [0.3, 0.4) is 0 Å². The molecule has 0 aliphatic carbocycles. The summed E-state index contributed by atoms with van der Waals surface area (Å²) >= 11 is 5.85. The van der Waals surface area contributed by atoms with Crippen LogP contribution in [0.25, 0.3) is 0 Å². The zero-order chi connectivity index (χ0) is 16.3. The second kappa shape index (κ2) is 6.62. The van der Waals surface area contributed by atoms with E-state index in [4.69, 9.17) is 16.3 Å². The SMILES string of the molecule is Cc1cc(Cl)ccc1OCc1ccc(S(=O)(=O)C(F)F)cc1. The van der Waals surface area contributed by atoms with Crippen LogP contribution in [0.4, 0.5) is 8.78 Å². The van der Waals surface area contributed by atoms with Crippen molar-refractivity contribution in [3.8, 4) is 5.75 Å². The summed E-state index contributed by atoms with van der Waals surface area (Å²) in [7, 11) is -4.56. The van der Waals surface area contributed by atoms with Gasteiger partial charge in [-0.2, -0.15) is 8.78 Å². The average molecular weight is 347 g/mol. The van der Waals surface area contributed by atoms with Gasteiger partial charge in [-0.3, -0.25) is 0 Å². The molecule has 0 spiro atoms. The molecule has 2 aromatic rings. The molecule has 0 amide bonds. The van der Waals surface area contributed by atoms with Crippen molar-refractivity contribution in [1.82, 2.24) is 0 Å². The van der Waals surface area contributed by atoms with Gasteiger partial charge in [-0.15, -0.1) is 0 Å². The molecule has 0 fully saturated rings. The molecule has 0 bridgehead atoms. The van der Waals surface area contributed by atoms with Crippen LogP contribution in [0.2, 0.25) is 5.02 Å². The molecule has 0 saturated heterocycles. The van der Waals surface area contributed by atoms with Crippen LogP contribution in [0.1, 0.15) is 11.1 Å². The number of hydrogen-bond acceptors (Lipinski definition) is 3. The lowest BCUT2D eigenvalue weighted by Crippen LogP contribution is -2.11. The monoisotopic (exact) mass is 346 g/mol. The minimum Gasteiger partial charge on any atom is -0.489 e. The van der Waals surface area contributed by atoms with E-state index in [1.807, 2.05) is 6.92 Å². The number of hydrogen-bond donors (Lipinski definition) is 0. The molecule has 7 heteroatoms. The highest BCUT2D eigenvalue weighted by Crippen LogP contribution is 2.23. The van der Waals surface area contributed by atoms with E-state index in [9.17, 15) is 17.2 Å². The molecule has 2 rings (SSSR count). The molecule has 0 saturated carbocycles.